The number of hydrogen-bond donors (Lipinski definition) is 3. The van der Waals surface area contributed by atoms with E-state index < -0.39 is 6.29 Å². The monoisotopic (exact) mass is 488 g/mol. The minimum absolute atomic E-state index is 0.00457. The number of aliphatic hydroxyl groups excluding tert-OH is 2. The Morgan fingerprint density at radius 1 is 0.944 bits per heavy atom. The molecule has 0 radical (unpaired) electrons. The highest BCUT2D eigenvalue weighted by atomic mass is 16.7. The Hall–Kier alpha value is -3.07. The summed E-state index contributed by atoms with van der Waals surface area (Å²) in [6.07, 6.45) is 0.432. The van der Waals surface area contributed by atoms with Crippen molar-refractivity contribution in [3.8, 4) is 0 Å². The molecule has 188 valence electrons. The third-order valence-corrected chi connectivity index (χ3v) is 6.80. The number of nitrogens with zero attached hydrogens (tertiary/aromatic N) is 1. The van der Waals surface area contributed by atoms with Gasteiger partial charge in [-0.1, -0.05) is 54.6 Å². The number of likely N-dealkylation sites (tertiary alicyclic amines) is 1. The van der Waals surface area contributed by atoms with Crippen molar-refractivity contribution in [1.82, 2.24) is 4.90 Å². The van der Waals surface area contributed by atoms with Crippen LogP contribution < -0.4 is 5.32 Å². The molecule has 7 heteroatoms. The van der Waals surface area contributed by atoms with Crippen LogP contribution in [0.1, 0.15) is 52.3 Å². The lowest BCUT2D eigenvalue weighted by Gasteiger charge is -2.37. The molecule has 1 amide bonds. The van der Waals surface area contributed by atoms with Crippen LogP contribution in [-0.2, 0) is 16.1 Å². The summed E-state index contributed by atoms with van der Waals surface area (Å²) in [4.78, 5) is 14.7. The van der Waals surface area contributed by atoms with Gasteiger partial charge in [-0.15, -0.1) is 0 Å². The first-order valence-electron chi connectivity index (χ1n) is 12.4. The Labute approximate surface area is 211 Å². The molecule has 36 heavy (non-hydrogen) atoms. The smallest absolute Gasteiger partial charge is 0.255 e. The van der Waals surface area contributed by atoms with Crippen LogP contribution in [-0.4, -0.2) is 52.9 Å². The molecule has 4 atom stereocenters. The van der Waals surface area contributed by atoms with Gasteiger partial charge < -0.3 is 25.0 Å². The van der Waals surface area contributed by atoms with E-state index in [1.165, 1.54) is 0 Å². The van der Waals surface area contributed by atoms with Crippen molar-refractivity contribution in [1.29, 1.82) is 0 Å². The number of carbonyl (C=O) groups is 1. The molecule has 0 aromatic heterocycles. The van der Waals surface area contributed by atoms with Crippen LogP contribution in [0.5, 0.6) is 0 Å². The lowest BCUT2D eigenvalue weighted by molar-refractivity contribution is -0.252. The van der Waals surface area contributed by atoms with Crippen molar-refractivity contribution in [2.45, 2.75) is 44.1 Å². The van der Waals surface area contributed by atoms with E-state index >= 15 is 0 Å². The maximum absolute atomic E-state index is 12.5. The van der Waals surface area contributed by atoms with Crippen molar-refractivity contribution in [2.24, 2.45) is 0 Å². The molecule has 5 rings (SSSR count). The second-order valence-corrected chi connectivity index (χ2v) is 9.49. The molecule has 0 bridgehead atoms. The molecular weight excluding hydrogens is 456 g/mol. The summed E-state index contributed by atoms with van der Waals surface area (Å²) in [6.45, 7) is 2.26. The summed E-state index contributed by atoms with van der Waals surface area (Å²) in [6, 6.07) is 24.5. The van der Waals surface area contributed by atoms with E-state index in [0.717, 1.165) is 36.2 Å². The number of amides is 1. The van der Waals surface area contributed by atoms with Crippen LogP contribution in [0.3, 0.4) is 0 Å². The fourth-order valence-corrected chi connectivity index (χ4v) is 4.82. The number of anilines is 1. The zero-order chi connectivity index (χ0) is 24.9. The van der Waals surface area contributed by atoms with Gasteiger partial charge in [0.1, 0.15) is 0 Å². The first kappa shape index (κ1) is 24.6. The molecule has 3 aromatic carbocycles. The molecule has 2 fully saturated rings. The topological polar surface area (TPSA) is 91.3 Å². The molecule has 0 aliphatic carbocycles. The fraction of sp³-hybridized carbons (Fsp3) is 0.345. The molecule has 3 N–H and O–H groups in total. The number of nitrogens with one attached hydrogen (secondary N) is 1. The molecule has 2 aliphatic rings. The molecule has 2 saturated heterocycles. The maximum Gasteiger partial charge on any atom is 0.255 e. The van der Waals surface area contributed by atoms with Crippen LogP contribution in [0.2, 0.25) is 0 Å². The molecule has 2 heterocycles. The van der Waals surface area contributed by atoms with Gasteiger partial charge in [0.2, 0.25) is 0 Å². The minimum Gasteiger partial charge on any atom is -0.392 e. The highest BCUT2D eigenvalue weighted by Gasteiger charge is 2.34. The Kier molecular flexibility index (Phi) is 7.75. The van der Waals surface area contributed by atoms with Crippen LogP contribution in [0.25, 0.3) is 0 Å². The summed E-state index contributed by atoms with van der Waals surface area (Å²) in [5.41, 5.74) is 4.07. The van der Waals surface area contributed by atoms with Gasteiger partial charge in [-0.25, -0.2) is 0 Å². The Morgan fingerprint density at radius 2 is 1.67 bits per heavy atom. The van der Waals surface area contributed by atoms with Crippen molar-refractivity contribution < 1.29 is 24.5 Å². The molecule has 7 nitrogen and oxygen atoms in total. The standard InChI is InChI=1S/C29H32N2O5/c32-19-20-6-8-21(9-7-20)27-16-26(18-31-15-14-25(33)17-31)35-29(36-27)23-10-12-24(13-11-23)30-28(34)22-4-2-1-3-5-22/h1-13,25-27,29,32-33H,14-19H2,(H,30,34)/t25-,26+,27-,29-/m0/s1. The SMILES string of the molecule is O=C(Nc1ccc([C@H]2O[C@@H](CN3CC[C@H](O)C3)C[C@@H](c3ccc(CO)cc3)O2)cc1)c1ccccc1. The lowest BCUT2D eigenvalue weighted by atomic mass is 9.99. The average Bonchev–Trinajstić information content (AvgIpc) is 3.33. The van der Waals surface area contributed by atoms with Crippen molar-refractivity contribution >= 4 is 11.6 Å². The molecule has 2 aliphatic heterocycles. The molecule has 0 saturated carbocycles. The van der Waals surface area contributed by atoms with Crippen molar-refractivity contribution in [2.75, 3.05) is 25.0 Å². The molecule has 0 unspecified atom stereocenters. The molecule has 0 spiro atoms. The van der Waals surface area contributed by atoms with E-state index in [2.05, 4.69) is 10.2 Å². The predicted octanol–water partition coefficient (Wildman–Crippen LogP) is 4.04. The minimum atomic E-state index is -0.558. The second kappa shape index (κ2) is 11.3. The van der Waals surface area contributed by atoms with E-state index in [9.17, 15) is 15.0 Å². The zero-order valence-electron chi connectivity index (χ0n) is 20.1. The van der Waals surface area contributed by atoms with Gasteiger partial charge in [0.15, 0.2) is 6.29 Å². The predicted molar refractivity (Wildman–Crippen MR) is 136 cm³/mol. The second-order valence-electron chi connectivity index (χ2n) is 9.49. The summed E-state index contributed by atoms with van der Waals surface area (Å²) < 4.78 is 12.8. The maximum atomic E-state index is 12.5. The van der Waals surface area contributed by atoms with Gasteiger partial charge in [-0.05, 0) is 41.8 Å². The third kappa shape index (κ3) is 6.00. The first-order valence-corrected chi connectivity index (χ1v) is 12.4. The highest BCUT2D eigenvalue weighted by molar-refractivity contribution is 6.04. The number of aliphatic hydroxyl groups is 2. The van der Waals surface area contributed by atoms with E-state index in [1.54, 1.807) is 12.1 Å². The van der Waals surface area contributed by atoms with Gasteiger partial charge in [-0.3, -0.25) is 9.69 Å². The van der Waals surface area contributed by atoms with Gasteiger partial charge in [0.25, 0.3) is 5.91 Å². The number of rotatable bonds is 7. The van der Waals surface area contributed by atoms with Gasteiger partial charge in [0.05, 0.1) is 24.9 Å². The normalized spacial score (nSPS) is 24.5. The Morgan fingerprint density at radius 3 is 2.33 bits per heavy atom. The molecule has 3 aromatic rings. The summed E-state index contributed by atoms with van der Waals surface area (Å²) >= 11 is 0. The third-order valence-electron chi connectivity index (χ3n) is 6.80. The van der Waals surface area contributed by atoms with Gasteiger partial charge in [-0.2, -0.15) is 0 Å². The van der Waals surface area contributed by atoms with Crippen molar-refractivity contribution in [3.05, 3.63) is 101 Å². The van der Waals surface area contributed by atoms with Crippen LogP contribution in [0.4, 0.5) is 5.69 Å². The van der Waals surface area contributed by atoms with Gasteiger partial charge >= 0.3 is 0 Å². The Bertz CT molecular complexity index is 1140. The first-order chi connectivity index (χ1) is 17.6. The van der Waals surface area contributed by atoms with E-state index in [0.29, 0.717) is 24.2 Å². The summed E-state index contributed by atoms with van der Waals surface area (Å²) in [7, 11) is 0. The van der Waals surface area contributed by atoms with Crippen LogP contribution >= 0.6 is 0 Å². The quantitative estimate of drug-likeness (QED) is 0.465. The number of hydrogen-bond acceptors (Lipinski definition) is 6. The number of carbonyl (C=O) groups excluding carboxylic acids is 1. The highest BCUT2D eigenvalue weighted by Crippen LogP contribution is 2.38. The number of ether oxygens (including phenoxy) is 2. The van der Waals surface area contributed by atoms with Gasteiger partial charge in [0, 0.05) is 42.9 Å². The summed E-state index contributed by atoms with van der Waals surface area (Å²) in [5, 5.41) is 22.3. The van der Waals surface area contributed by atoms with E-state index in [4.69, 9.17) is 9.47 Å². The van der Waals surface area contributed by atoms with E-state index in [-0.39, 0.29) is 30.8 Å². The lowest BCUT2D eigenvalue weighted by Crippen LogP contribution is -2.38. The average molecular weight is 489 g/mol. The van der Waals surface area contributed by atoms with Crippen LogP contribution in [0.15, 0.2) is 78.9 Å². The van der Waals surface area contributed by atoms with E-state index in [1.807, 2.05) is 66.7 Å². The van der Waals surface area contributed by atoms with Crippen LogP contribution in [0, 0.1) is 0 Å². The zero-order valence-corrected chi connectivity index (χ0v) is 20.1. The largest absolute Gasteiger partial charge is 0.392 e. The summed E-state index contributed by atoms with van der Waals surface area (Å²) in [5.74, 6) is -0.159. The number of benzene rings is 3. The number of β-amino-alcohol motifs (C(OH)–C–C–N with tert-alkyl or cyclic N) is 1. The van der Waals surface area contributed by atoms with Crippen molar-refractivity contribution in [3.63, 3.8) is 0 Å². The Balaban J connectivity index is 1.31. The fourth-order valence-electron chi connectivity index (χ4n) is 4.82. The molecular formula is C29H32N2O5.